The molecule has 2 heterocycles. The topological polar surface area (TPSA) is 62.1 Å². The highest BCUT2D eigenvalue weighted by molar-refractivity contribution is 7.98. The van der Waals surface area contributed by atoms with Crippen LogP contribution < -0.4 is 4.74 Å². The maximum absolute atomic E-state index is 5.42. The van der Waals surface area contributed by atoms with E-state index in [0.29, 0.717) is 0 Å². The lowest BCUT2D eigenvalue weighted by molar-refractivity contribution is 0.189. The van der Waals surface area contributed by atoms with Gasteiger partial charge in [0.15, 0.2) is 5.16 Å². The molecule has 0 bridgehead atoms. The summed E-state index contributed by atoms with van der Waals surface area (Å²) >= 11 is 3.27. The summed E-state index contributed by atoms with van der Waals surface area (Å²) in [6.07, 6.45) is 2.70. The summed E-state index contributed by atoms with van der Waals surface area (Å²) in [6.45, 7) is 1.59. The van der Waals surface area contributed by atoms with Crippen molar-refractivity contribution < 1.29 is 9.47 Å². The smallest absolute Gasteiger partial charge is 0.191 e. The number of aromatic nitrogens is 4. The number of aryl methyl sites for hydroxylation is 1. The number of nitrogens with zero attached hydrogens (tertiary/aromatic N) is 4. The Kier molecular flexibility index (Phi) is 6.43. The summed E-state index contributed by atoms with van der Waals surface area (Å²) < 4.78 is 12.6. The van der Waals surface area contributed by atoms with E-state index in [9.17, 15) is 0 Å². The van der Waals surface area contributed by atoms with E-state index in [4.69, 9.17) is 14.5 Å². The number of hydrogen-bond acceptors (Lipinski definition) is 7. The highest BCUT2D eigenvalue weighted by Crippen LogP contribution is 2.33. The summed E-state index contributed by atoms with van der Waals surface area (Å²) in [5, 5.41) is 12.2. The van der Waals surface area contributed by atoms with Crippen LogP contribution in [0, 0.1) is 0 Å². The van der Waals surface area contributed by atoms with Gasteiger partial charge < -0.3 is 14.0 Å². The van der Waals surface area contributed by atoms with Crippen molar-refractivity contribution in [3.63, 3.8) is 0 Å². The largest absolute Gasteiger partial charge is 0.496 e. The Hall–Kier alpha value is -1.90. The molecule has 132 valence electrons. The summed E-state index contributed by atoms with van der Waals surface area (Å²) in [7, 11) is 3.39. The Balaban J connectivity index is 1.64. The van der Waals surface area contributed by atoms with E-state index in [1.54, 1.807) is 43.6 Å². The van der Waals surface area contributed by atoms with Crippen LogP contribution in [0.4, 0.5) is 0 Å². The number of thioether (sulfide) groups is 1. The van der Waals surface area contributed by atoms with Crippen LogP contribution in [0.25, 0.3) is 10.6 Å². The molecule has 2 aromatic heterocycles. The van der Waals surface area contributed by atoms with Crippen LogP contribution in [-0.2, 0) is 17.0 Å². The third-order valence-corrected chi connectivity index (χ3v) is 5.50. The molecule has 1 aromatic carbocycles. The minimum absolute atomic E-state index is 0.733. The first-order valence-electron chi connectivity index (χ1n) is 7.89. The van der Waals surface area contributed by atoms with Crippen LogP contribution in [-0.4, -0.2) is 40.6 Å². The molecule has 0 saturated heterocycles. The van der Waals surface area contributed by atoms with E-state index >= 15 is 0 Å². The van der Waals surface area contributed by atoms with E-state index in [-0.39, 0.29) is 0 Å². The number of rotatable bonds is 9. The average molecular weight is 377 g/mol. The predicted octanol–water partition coefficient (Wildman–Crippen LogP) is 3.74. The Labute approximate surface area is 155 Å². The second-order valence-corrected chi connectivity index (χ2v) is 7.09. The molecule has 3 aromatic rings. The first-order valence-corrected chi connectivity index (χ1v) is 9.75. The van der Waals surface area contributed by atoms with E-state index in [0.717, 1.165) is 52.5 Å². The molecule has 0 saturated carbocycles. The van der Waals surface area contributed by atoms with Crippen molar-refractivity contribution in [3.8, 4) is 16.3 Å². The van der Waals surface area contributed by atoms with Crippen molar-refractivity contribution in [1.29, 1.82) is 0 Å². The zero-order chi connectivity index (χ0) is 17.5. The maximum Gasteiger partial charge on any atom is 0.191 e. The second-order valence-electron chi connectivity index (χ2n) is 5.29. The normalized spacial score (nSPS) is 11.0. The standard InChI is InChI=1S/C17H20N4O2S2/c1-22-9-5-8-21-12-18-20-17(21)25-11-13-10-24-16(19-13)14-6-3-4-7-15(14)23-2/h3-4,6-7,10,12H,5,8-9,11H2,1-2H3. The Bertz CT molecular complexity index is 803. The lowest BCUT2D eigenvalue weighted by atomic mass is 10.2. The molecule has 25 heavy (non-hydrogen) atoms. The zero-order valence-corrected chi connectivity index (χ0v) is 15.8. The van der Waals surface area contributed by atoms with E-state index < -0.39 is 0 Å². The summed E-state index contributed by atoms with van der Waals surface area (Å²) in [5.41, 5.74) is 2.05. The van der Waals surface area contributed by atoms with Crippen molar-refractivity contribution in [1.82, 2.24) is 19.7 Å². The Morgan fingerprint density at radius 3 is 2.96 bits per heavy atom. The van der Waals surface area contributed by atoms with Crippen LogP contribution in [0.15, 0.2) is 41.1 Å². The van der Waals surface area contributed by atoms with Crippen molar-refractivity contribution in [2.75, 3.05) is 20.8 Å². The molecule has 6 nitrogen and oxygen atoms in total. The van der Waals surface area contributed by atoms with Crippen LogP contribution in [0.2, 0.25) is 0 Å². The molecule has 0 radical (unpaired) electrons. The van der Waals surface area contributed by atoms with Gasteiger partial charge in [0.25, 0.3) is 0 Å². The fourth-order valence-corrected chi connectivity index (χ4v) is 4.13. The molecular weight excluding hydrogens is 356 g/mol. The lowest BCUT2D eigenvalue weighted by Gasteiger charge is -2.05. The molecule has 0 N–H and O–H groups in total. The monoisotopic (exact) mass is 376 g/mol. The van der Waals surface area contributed by atoms with Gasteiger partial charge in [-0.1, -0.05) is 23.9 Å². The molecule has 0 spiro atoms. The van der Waals surface area contributed by atoms with E-state index in [1.165, 1.54) is 0 Å². The third-order valence-electron chi connectivity index (χ3n) is 3.57. The molecule has 3 rings (SSSR count). The van der Waals surface area contributed by atoms with Gasteiger partial charge >= 0.3 is 0 Å². The average Bonchev–Trinajstić information content (AvgIpc) is 3.29. The Morgan fingerprint density at radius 2 is 2.12 bits per heavy atom. The fraction of sp³-hybridized carbons (Fsp3) is 0.353. The lowest BCUT2D eigenvalue weighted by Crippen LogP contribution is -2.02. The van der Waals surface area contributed by atoms with Gasteiger partial charge in [-0.15, -0.1) is 21.5 Å². The van der Waals surface area contributed by atoms with Crippen molar-refractivity contribution in [2.45, 2.75) is 23.9 Å². The van der Waals surface area contributed by atoms with Gasteiger partial charge in [-0.05, 0) is 18.6 Å². The van der Waals surface area contributed by atoms with Crippen molar-refractivity contribution in [3.05, 3.63) is 41.7 Å². The molecule has 0 aliphatic carbocycles. The highest BCUT2D eigenvalue weighted by Gasteiger charge is 2.11. The SMILES string of the molecule is COCCCn1cnnc1SCc1csc(-c2ccccc2OC)n1. The van der Waals surface area contributed by atoms with Gasteiger partial charge in [-0.25, -0.2) is 4.98 Å². The number of thiazole rings is 1. The first-order chi connectivity index (χ1) is 12.3. The molecule has 0 aliphatic heterocycles. The van der Waals surface area contributed by atoms with Gasteiger partial charge in [0.05, 0.1) is 18.4 Å². The molecule has 0 fully saturated rings. The fourth-order valence-electron chi connectivity index (χ4n) is 2.35. The molecular formula is C17H20N4O2S2. The number of ether oxygens (including phenoxy) is 2. The van der Waals surface area contributed by atoms with Gasteiger partial charge in [0, 0.05) is 31.4 Å². The summed E-state index contributed by atoms with van der Waals surface area (Å²) in [4.78, 5) is 4.73. The number of benzene rings is 1. The quantitative estimate of drug-likeness (QED) is 0.419. The van der Waals surface area contributed by atoms with Gasteiger partial charge in [0.2, 0.25) is 0 Å². The highest BCUT2D eigenvalue weighted by atomic mass is 32.2. The third kappa shape index (κ3) is 4.59. The maximum atomic E-state index is 5.42. The van der Waals surface area contributed by atoms with Gasteiger partial charge in [-0.3, -0.25) is 0 Å². The van der Waals surface area contributed by atoms with E-state index in [1.807, 2.05) is 24.3 Å². The second kappa shape index (κ2) is 8.98. The van der Waals surface area contributed by atoms with Crippen LogP contribution in [0.5, 0.6) is 5.75 Å². The Morgan fingerprint density at radius 1 is 1.24 bits per heavy atom. The van der Waals surface area contributed by atoms with Crippen LogP contribution in [0.3, 0.4) is 0 Å². The number of para-hydroxylation sites is 1. The van der Waals surface area contributed by atoms with Crippen LogP contribution in [0.1, 0.15) is 12.1 Å². The number of hydrogen-bond donors (Lipinski definition) is 0. The minimum atomic E-state index is 0.733. The summed E-state index contributed by atoms with van der Waals surface area (Å²) in [5.74, 6) is 1.60. The van der Waals surface area contributed by atoms with Gasteiger partial charge in [0.1, 0.15) is 17.1 Å². The van der Waals surface area contributed by atoms with Crippen molar-refractivity contribution >= 4 is 23.1 Å². The number of methoxy groups -OCH3 is 2. The summed E-state index contributed by atoms with van der Waals surface area (Å²) in [6, 6.07) is 7.94. The predicted molar refractivity (Wildman–Crippen MR) is 100 cm³/mol. The molecule has 0 amide bonds. The molecule has 8 heteroatoms. The van der Waals surface area contributed by atoms with Crippen molar-refractivity contribution in [2.24, 2.45) is 0 Å². The molecule has 0 aliphatic rings. The van der Waals surface area contributed by atoms with Crippen LogP contribution >= 0.6 is 23.1 Å². The van der Waals surface area contributed by atoms with Gasteiger partial charge in [-0.2, -0.15) is 0 Å². The minimum Gasteiger partial charge on any atom is -0.496 e. The zero-order valence-electron chi connectivity index (χ0n) is 14.2. The molecule has 0 unspecified atom stereocenters. The van der Waals surface area contributed by atoms with E-state index in [2.05, 4.69) is 20.1 Å². The molecule has 0 atom stereocenters. The first kappa shape index (κ1) is 17.9.